The van der Waals surface area contributed by atoms with Crippen LogP contribution >= 0.6 is 0 Å². The Morgan fingerprint density at radius 2 is 1.87 bits per heavy atom. The second-order valence-electron chi connectivity index (χ2n) is 6.89. The topological polar surface area (TPSA) is 95.3 Å². The van der Waals surface area contributed by atoms with Crippen LogP contribution in [0.4, 0.5) is 0 Å². The quantitative estimate of drug-likeness (QED) is 0.491. The van der Waals surface area contributed by atoms with Crippen LogP contribution in [0.1, 0.15) is 28.6 Å². The molecule has 0 atom stereocenters. The Hall–Kier alpha value is -3.46. The SMILES string of the molecule is CCS(=O)(=O)Oc1cccc(CN(Cc2ccco2)C(=O)c2ccc3c(c2)OCO3)c1. The second-order valence-corrected chi connectivity index (χ2v) is 8.75. The van der Waals surface area contributed by atoms with E-state index in [0.717, 1.165) is 0 Å². The first-order valence-corrected chi connectivity index (χ1v) is 11.2. The Bertz CT molecular complexity index is 1170. The van der Waals surface area contributed by atoms with Crippen LogP contribution in [0.25, 0.3) is 0 Å². The Labute approximate surface area is 180 Å². The molecule has 162 valence electrons. The zero-order valence-corrected chi connectivity index (χ0v) is 17.6. The van der Waals surface area contributed by atoms with Crippen LogP contribution in [-0.2, 0) is 23.2 Å². The van der Waals surface area contributed by atoms with Crippen molar-refractivity contribution in [2.24, 2.45) is 0 Å². The van der Waals surface area contributed by atoms with E-state index in [-0.39, 0.29) is 37.3 Å². The molecule has 0 aliphatic carbocycles. The minimum absolute atomic E-state index is 0.122. The van der Waals surface area contributed by atoms with Crippen molar-refractivity contribution in [3.05, 3.63) is 77.7 Å². The second kappa shape index (κ2) is 8.73. The summed E-state index contributed by atoms with van der Waals surface area (Å²) in [5.74, 6) is 1.56. The molecule has 0 radical (unpaired) electrons. The number of carbonyl (C=O) groups is 1. The van der Waals surface area contributed by atoms with Crippen LogP contribution in [0.3, 0.4) is 0 Å². The molecule has 31 heavy (non-hydrogen) atoms. The van der Waals surface area contributed by atoms with Crippen molar-refractivity contribution in [3.8, 4) is 17.2 Å². The van der Waals surface area contributed by atoms with E-state index in [1.165, 1.54) is 6.92 Å². The van der Waals surface area contributed by atoms with Gasteiger partial charge in [-0.2, -0.15) is 8.42 Å². The summed E-state index contributed by atoms with van der Waals surface area (Å²) >= 11 is 0. The van der Waals surface area contributed by atoms with Gasteiger partial charge in [0.25, 0.3) is 5.91 Å². The van der Waals surface area contributed by atoms with Crippen LogP contribution < -0.4 is 13.7 Å². The fourth-order valence-corrected chi connectivity index (χ4v) is 3.64. The van der Waals surface area contributed by atoms with Gasteiger partial charge in [0.2, 0.25) is 6.79 Å². The van der Waals surface area contributed by atoms with Crippen molar-refractivity contribution in [3.63, 3.8) is 0 Å². The normalized spacial score (nSPS) is 12.5. The number of rotatable bonds is 8. The van der Waals surface area contributed by atoms with Gasteiger partial charge in [0.05, 0.1) is 18.6 Å². The number of carbonyl (C=O) groups excluding carboxylic acids is 1. The van der Waals surface area contributed by atoms with E-state index in [4.69, 9.17) is 18.1 Å². The molecule has 9 heteroatoms. The summed E-state index contributed by atoms with van der Waals surface area (Å²) in [6.45, 7) is 2.08. The van der Waals surface area contributed by atoms with Gasteiger partial charge in [-0.05, 0) is 55.0 Å². The molecule has 3 aromatic rings. The Morgan fingerprint density at radius 1 is 1.03 bits per heavy atom. The highest BCUT2D eigenvalue weighted by Crippen LogP contribution is 2.33. The Balaban J connectivity index is 1.59. The average molecular weight is 443 g/mol. The lowest BCUT2D eigenvalue weighted by atomic mass is 10.1. The highest BCUT2D eigenvalue weighted by Gasteiger charge is 2.22. The number of hydrogen-bond acceptors (Lipinski definition) is 7. The number of benzene rings is 2. The minimum Gasteiger partial charge on any atom is -0.467 e. The van der Waals surface area contributed by atoms with Crippen molar-refractivity contribution in [1.82, 2.24) is 4.90 Å². The molecule has 8 nitrogen and oxygen atoms in total. The lowest BCUT2D eigenvalue weighted by Gasteiger charge is -2.22. The molecule has 1 aliphatic rings. The summed E-state index contributed by atoms with van der Waals surface area (Å²) in [4.78, 5) is 14.9. The van der Waals surface area contributed by atoms with Crippen molar-refractivity contribution in [1.29, 1.82) is 0 Å². The summed E-state index contributed by atoms with van der Waals surface area (Å²) in [5.41, 5.74) is 1.15. The Morgan fingerprint density at radius 3 is 2.65 bits per heavy atom. The van der Waals surface area contributed by atoms with Crippen molar-refractivity contribution in [2.75, 3.05) is 12.5 Å². The molecule has 0 spiro atoms. The first-order chi connectivity index (χ1) is 14.9. The molecular formula is C22H21NO7S. The summed E-state index contributed by atoms with van der Waals surface area (Å²) in [5, 5.41) is 0. The third kappa shape index (κ3) is 5.00. The van der Waals surface area contributed by atoms with Gasteiger partial charge in [0.1, 0.15) is 11.5 Å². The number of nitrogens with zero attached hydrogens (tertiary/aromatic N) is 1. The highest BCUT2D eigenvalue weighted by atomic mass is 32.2. The molecule has 1 aromatic heterocycles. The van der Waals surface area contributed by atoms with Gasteiger partial charge in [0, 0.05) is 12.1 Å². The van der Waals surface area contributed by atoms with E-state index >= 15 is 0 Å². The number of furan rings is 1. The molecule has 0 saturated heterocycles. The first kappa shape index (κ1) is 20.8. The predicted molar refractivity (Wildman–Crippen MR) is 111 cm³/mol. The third-order valence-electron chi connectivity index (χ3n) is 4.68. The van der Waals surface area contributed by atoms with Crippen molar-refractivity contribution in [2.45, 2.75) is 20.0 Å². The third-order valence-corrected chi connectivity index (χ3v) is 5.84. The summed E-state index contributed by atoms with van der Waals surface area (Å²) in [7, 11) is -3.65. The van der Waals surface area contributed by atoms with Gasteiger partial charge in [0.15, 0.2) is 11.5 Å². The van der Waals surface area contributed by atoms with Crippen LogP contribution in [0.2, 0.25) is 0 Å². The van der Waals surface area contributed by atoms with Gasteiger partial charge in [-0.3, -0.25) is 4.79 Å². The molecule has 2 aromatic carbocycles. The van der Waals surface area contributed by atoms with Crippen LogP contribution in [0, 0.1) is 0 Å². The molecule has 0 saturated carbocycles. The van der Waals surface area contributed by atoms with Crippen LogP contribution in [-0.4, -0.2) is 31.8 Å². The van der Waals surface area contributed by atoms with Gasteiger partial charge < -0.3 is 23.0 Å². The van der Waals surface area contributed by atoms with E-state index in [1.807, 2.05) is 0 Å². The van der Waals surface area contributed by atoms with E-state index in [0.29, 0.717) is 28.4 Å². The maximum Gasteiger partial charge on any atom is 0.308 e. The fraction of sp³-hybridized carbons (Fsp3) is 0.227. The lowest BCUT2D eigenvalue weighted by molar-refractivity contribution is 0.0717. The number of amides is 1. The number of fused-ring (bicyclic) bond motifs is 1. The summed E-state index contributed by atoms with van der Waals surface area (Å²) < 4.78 is 44.8. The maximum absolute atomic E-state index is 13.3. The molecule has 1 aliphatic heterocycles. The number of hydrogen-bond donors (Lipinski definition) is 0. The largest absolute Gasteiger partial charge is 0.467 e. The van der Waals surface area contributed by atoms with E-state index in [9.17, 15) is 13.2 Å². The predicted octanol–water partition coefficient (Wildman–Crippen LogP) is 3.58. The smallest absolute Gasteiger partial charge is 0.308 e. The molecule has 0 N–H and O–H groups in total. The van der Waals surface area contributed by atoms with Gasteiger partial charge >= 0.3 is 10.1 Å². The maximum atomic E-state index is 13.3. The molecule has 1 amide bonds. The molecule has 0 fully saturated rings. The van der Waals surface area contributed by atoms with Crippen molar-refractivity contribution >= 4 is 16.0 Å². The Kier molecular flexibility index (Phi) is 5.85. The van der Waals surface area contributed by atoms with Crippen molar-refractivity contribution < 1.29 is 31.3 Å². The monoisotopic (exact) mass is 443 g/mol. The molecule has 0 unspecified atom stereocenters. The summed E-state index contributed by atoms with van der Waals surface area (Å²) in [6.07, 6.45) is 1.54. The van der Waals surface area contributed by atoms with Crippen LogP contribution in [0.5, 0.6) is 17.2 Å². The molecule has 0 bridgehead atoms. The summed E-state index contributed by atoms with van der Waals surface area (Å²) in [6, 6.07) is 15.2. The van der Waals surface area contributed by atoms with E-state index in [1.54, 1.807) is 65.8 Å². The zero-order valence-electron chi connectivity index (χ0n) is 16.8. The minimum atomic E-state index is -3.65. The fourth-order valence-electron chi connectivity index (χ4n) is 3.12. The van der Waals surface area contributed by atoms with E-state index in [2.05, 4.69) is 0 Å². The van der Waals surface area contributed by atoms with Gasteiger partial charge in [-0.15, -0.1) is 0 Å². The standard InChI is InChI=1S/C22H21NO7S/c1-2-31(25,26)30-18-6-3-5-16(11-18)13-23(14-19-7-4-10-27-19)22(24)17-8-9-20-21(12-17)29-15-28-20/h3-12H,2,13-15H2,1H3. The van der Waals surface area contributed by atoms with Crippen LogP contribution in [0.15, 0.2) is 65.3 Å². The molecule has 2 heterocycles. The molecular weight excluding hydrogens is 422 g/mol. The first-order valence-electron chi connectivity index (χ1n) is 9.66. The molecule has 4 rings (SSSR count). The average Bonchev–Trinajstić information content (AvgIpc) is 3.44. The van der Waals surface area contributed by atoms with Gasteiger partial charge in [-0.25, -0.2) is 0 Å². The highest BCUT2D eigenvalue weighted by molar-refractivity contribution is 7.87. The van der Waals surface area contributed by atoms with E-state index < -0.39 is 10.1 Å². The number of ether oxygens (including phenoxy) is 2. The lowest BCUT2D eigenvalue weighted by Crippen LogP contribution is -2.30. The van der Waals surface area contributed by atoms with Gasteiger partial charge in [-0.1, -0.05) is 12.1 Å². The zero-order chi connectivity index (χ0) is 21.8.